The van der Waals surface area contributed by atoms with Crippen molar-refractivity contribution in [3.63, 3.8) is 0 Å². The van der Waals surface area contributed by atoms with Crippen molar-refractivity contribution < 1.29 is 14.7 Å². The van der Waals surface area contributed by atoms with Crippen molar-refractivity contribution in [3.05, 3.63) is 38.9 Å². The van der Waals surface area contributed by atoms with Crippen LogP contribution in [0.4, 0.5) is 5.00 Å². The molecule has 0 aliphatic heterocycles. The number of carboxylic acid groups (broad SMARTS) is 1. The quantitative estimate of drug-likeness (QED) is 0.905. The van der Waals surface area contributed by atoms with Crippen molar-refractivity contribution in [2.45, 2.75) is 13.3 Å². The van der Waals surface area contributed by atoms with Gasteiger partial charge in [0.25, 0.3) is 0 Å². The number of carbonyl (C=O) groups excluding carboxylic acids is 1. The zero-order chi connectivity index (χ0) is 13.1. The summed E-state index contributed by atoms with van der Waals surface area (Å²) >= 11 is 2.62. The molecule has 18 heavy (non-hydrogen) atoms. The monoisotopic (exact) mass is 281 g/mol. The van der Waals surface area contributed by atoms with Crippen LogP contribution in [-0.4, -0.2) is 17.0 Å². The van der Waals surface area contributed by atoms with E-state index in [1.807, 2.05) is 16.8 Å². The second kappa shape index (κ2) is 5.32. The lowest BCUT2D eigenvalue weighted by molar-refractivity contribution is -0.115. The van der Waals surface area contributed by atoms with Crippen molar-refractivity contribution >= 4 is 39.6 Å². The van der Waals surface area contributed by atoms with Crippen LogP contribution in [0.2, 0.25) is 0 Å². The minimum atomic E-state index is -0.962. The van der Waals surface area contributed by atoms with Crippen LogP contribution in [0.25, 0.3) is 0 Å². The fourth-order valence-corrected chi connectivity index (χ4v) is 3.11. The maximum Gasteiger partial charge on any atom is 0.346 e. The fourth-order valence-electron chi connectivity index (χ4n) is 1.52. The molecule has 0 aliphatic carbocycles. The van der Waals surface area contributed by atoms with Crippen molar-refractivity contribution in [1.82, 2.24) is 0 Å². The zero-order valence-electron chi connectivity index (χ0n) is 9.60. The predicted molar refractivity (Wildman–Crippen MR) is 72.7 cm³/mol. The van der Waals surface area contributed by atoms with Gasteiger partial charge < -0.3 is 10.4 Å². The molecule has 0 radical (unpaired) electrons. The summed E-state index contributed by atoms with van der Waals surface area (Å²) in [6.07, 6.45) is 0.308. The van der Waals surface area contributed by atoms with Gasteiger partial charge in [-0.2, -0.15) is 11.3 Å². The number of aromatic carboxylic acids is 1. The highest BCUT2D eigenvalue weighted by Gasteiger charge is 2.13. The molecule has 0 saturated heterocycles. The van der Waals surface area contributed by atoms with E-state index in [9.17, 15) is 9.59 Å². The Bertz CT molecular complexity index is 572. The number of carbonyl (C=O) groups is 2. The first-order valence-electron chi connectivity index (χ1n) is 5.21. The molecule has 2 heterocycles. The Balaban J connectivity index is 2.03. The van der Waals surface area contributed by atoms with Gasteiger partial charge in [-0.15, -0.1) is 11.3 Å². The van der Waals surface area contributed by atoms with Crippen molar-refractivity contribution in [2.75, 3.05) is 5.32 Å². The maximum atomic E-state index is 11.7. The van der Waals surface area contributed by atoms with Crippen molar-refractivity contribution in [1.29, 1.82) is 0 Å². The van der Waals surface area contributed by atoms with Gasteiger partial charge >= 0.3 is 5.97 Å². The number of anilines is 1. The molecular weight excluding hydrogens is 270 g/mol. The van der Waals surface area contributed by atoms with Crippen LogP contribution in [0.1, 0.15) is 20.8 Å². The van der Waals surface area contributed by atoms with E-state index in [1.54, 1.807) is 24.3 Å². The lowest BCUT2D eigenvalue weighted by Crippen LogP contribution is -2.12. The Morgan fingerprint density at radius 3 is 2.78 bits per heavy atom. The predicted octanol–water partition coefficient (Wildman–Crippen LogP) is 3.00. The molecule has 1 amide bonds. The number of nitrogens with one attached hydrogen (secondary N) is 1. The topological polar surface area (TPSA) is 66.4 Å². The molecule has 0 saturated carbocycles. The summed E-state index contributed by atoms with van der Waals surface area (Å²) < 4.78 is 0. The van der Waals surface area contributed by atoms with Gasteiger partial charge in [0.2, 0.25) is 5.91 Å². The highest BCUT2D eigenvalue weighted by molar-refractivity contribution is 7.18. The van der Waals surface area contributed by atoms with Gasteiger partial charge in [-0.1, -0.05) is 0 Å². The largest absolute Gasteiger partial charge is 0.477 e. The molecule has 0 aliphatic rings. The second-order valence-electron chi connectivity index (χ2n) is 3.78. The minimum absolute atomic E-state index is 0.133. The van der Waals surface area contributed by atoms with E-state index in [-0.39, 0.29) is 10.8 Å². The molecule has 2 aromatic rings. The van der Waals surface area contributed by atoms with Crippen LogP contribution in [0.15, 0.2) is 22.9 Å². The molecule has 2 aromatic heterocycles. The summed E-state index contributed by atoms with van der Waals surface area (Å²) in [7, 11) is 0. The van der Waals surface area contributed by atoms with Crippen LogP contribution in [0.3, 0.4) is 0 Å². The minimum Gasteiger partial charge on any atom is -0.477 e. The SMILES string of the molecule is Cc1cc(NC(=O)Cc2ccsc2)sc1C(=O)O. The van der Waals surface area contributed by atoms with Gasteiger partial charge in [0.1, 0.15) is 4.88 Å². The lowest BCUT2D eigenvalue weighted by atomic mass is 10.2. The molecule has 0 aromatic carbocycles. The molecule has 4 nitrogen and oxygen atoms in total. The Morgan fingerprint density at radius 1 is 1.44 bits per heavy atom. The molecule has 6 heteroatoms. The van der Waals surface area contributed by atoms with Gasteiger partial charge in [-0.3, -0.25) is 4.79 Å². The van der Waals surface area contributed by atoms with E-state index >= 15 is 0 Å². The molecule has 0 unspecified atom stereocenters. The highest BCUT2D eigenvalue weighted by Crippen LogP contribution is 2.26. The smallest absolute Gasteiger partial charge is 0.346 e. The maximum absolute atomic E-state index is 11.7. The van der Waals surface area contributed by atoms with Gasteiger partial charge in [-0.25, -0.2) is 4.79 Å². The summed E-state index contributed by atoms with van der Waals surface area (Å²) in [5.74, 6) is -1.09. The molecular formula is C12H11NO3S2. The van der Waals surface area contributed by atoms with Gasteiger partial charge in [0.15, 0.2) is 0 Å². The van der Waals surface area contributed by atoms with E-state index in [0.29, 0.717) is 17.0 Å². The normalized spacial score (nSPS) is 10.3. The van der Waals surface area contributed by atoms with Gasteiger partial charge in [-0.05, 0) is 40.9 Å². The summed E-state index contributed by atoms with van der Waals surface area (Å²) in [5, 5.41) is 16.0. The van der Waals surface area contributed by atoms with E-state index in [2.05, 4.69) is 5.32 Å². The Labute approximate surface area is 112 Å². The average Bonchev–Trinajstić information content (AvgIpc) is 2.88. The van der Waals surface area contributed by atoms with E-state index < -0.39 is 5.97 Å². The summed E-state index contributed by atoms with van der Waals surface area (Å²) in [6, 6.07) is 3.58. The van der Waals surface area contributed by atoms with Crippen LogP contribution >= 0.6 is 22.7 Å². The van der Waals surface area contributed by atoms with Gasteiger partial charge in [0.05, 0.1) is 11.4 Å². The average molecular weight is 281 g/mol. The van der Waals surface area contributed by atoms with Crippen LogP contribution in [0.5, 0.6) is 0 Å². The fraction of sp³-hybridized carbons (Fsp3) is 0.167. The van der Waals surface area contributed by atoms with E-state index in [1.165, 1.54) is 0 Å². The first-order chi connectivity index (χ1) is 8.56. The number of rotatable bonds is 4. The van der Waals surface area contributed by atoms with Gasteiger partial charge in [0, 0.05) is 0 Å². The van der Waals surface area contributed by atoms with Crippen LogP contribution in [0, 0.1) is 6.92 Å². The second-order valence-corrected chi connectivity index (χ2v) is 5.62. The summed E-state index contributed by atoms with van der Waals surface area (Å²) in [5.41, 5.74) is 1.63. The van der Waals surface area contributed by atoms with Crippen molar-refractivity contribution in [2.24, 2.45) is 0 Å². The number of hydrogen-bond donors (Lipinski definition) is 2. The van der Waals surface area contributed by atoms with Crippen molar-refractivity contribution in [3.8, 4) is 0 Å². The number of aryl methyl sites for hydroxylation is 1. The Kier molecular flexibility index (Phi) is 3.78. The van der Waals surface area contributed by atoms with E-state index in [4.69, 9.17) is 5.11 Å². The number of thiophene rings is 2. The first-order valence-corrected chi connectivity index (χ1v) is 6.97. The molecule has 0 bridgehead atoms. The first kappa shape index (κ1) is 12.8. The molecule has 0 fully saturated rings. The third-order valence-corrected chi connectivity index (χ3v) is 4.19. The summed E-state index contributed by atoms with van der Waals surface area (Å²) in [4.78, 5) is 22.9. The third kappa shape index (κ3) is 2.96. The molecule has 94 valence electrons. The highest BCUT2D eigenvalue weighted by atomic mass is 32.1. The Morgan fingerprint density at radius 2 is 2.22 bits per heavy atom. The molecule has 0 atom stereocenters. The molecule has 0 spiro atoms. The number of hydrogen-bond acceptors (Lipinski definition) is 4. The van der Waals surface area contributed by atoms with Crippen LogP contribution < -0.4 is 5.32 Å². The van der Waals surface area contributed by atoms with E-state index in [0.717, 1.165) is 16.9 Å². The molecule has 2 rings (SSSR count). The standard InChI is InChI=1S/C12H11NO3S2/c1-7-4-10(18-11(7)12(15)16)13-9(14)5-8-2-3-17-6-8/h2-4,6H,5H2,1H3,(H,13,14)(H,15,16). The summed E-state index contributed by atoms with van der Waals surface area (Å²) in [6.45, 7) is 1.72. The van der Waals surface area contributed by atoms with Crippen LogP contribution in [-0.2, 0) is 11.2 Å². The lowest BCUT2D eigenvalue weighted by Gasteiger charge is -2.00. The third-order valence-electron chi connectivity index (χ3n) is 2.32. The number of carboxylic acids is 1. The zero-order valence-corrected chi connectivity index (χ0v) is 11.2. The number of amides is 1. The Hall–Kier alpha value is -1.66. The molecule has 2 N–H and O–H groups in total.